The van der Waals surface area contributed by atoms with Crippen molar-refractivity contribution in [3.8, 4) is 0 Å². The van der Waals surface area contributed by atoms with Gasteiger partial charge in [0.25, 0.3) is 5.91 Å². The van der Waals surface area contributed by atoms with E-state index < -0.39 is 0 Å². The van der Waals surface area contributed by atoms with E-state index in [1.165, 1.54) is 11.3 Å². The van der Waals surface area contributed by atoms with Crippen molar-refractivity contribution < 1.29 is 4.79 Å². The van der Waals surface area contributed by atoms with Crippen LogP contribution < -0.4 is 11.1 Å². The van der Waals surface area contributed by atoms with Crippen LogP contribution in [0.15, 0.2) is 11.6 Å². The number of aromatic nitrogens is 2. The molecule has 0 radical (unpaired) electrons. The van der Waals surface area contributed by atoms with E-state index in [2.05, 4.69) is 17.0 Å². The monoisotopic (exact) mass is 284 g/mol. The Morgan fingerprint density at radius 3 is 2.89 bits per heavy atom. The fourth-order valence-corrected chi connectivity index (χ4v) is 2.92. The summed E-state index contributed by atoms with van der Waals surface area (Å²) in [4.78, 5) is 13.3. The molecule has 0 aliphatic rings. The molecule has 0 saturated carbocycles. The number of carbonyl (C=O) groups excluding carboxylic acids is 1. The molecule has 0 fully saturated rings. The Morgan fingerprint density at radius 2 is 2.33 bits per heavy atom. The van der Waals surface area contributed by atoms with Gasteiger partial charge < -0.3 is 11.1 Å². The zero-order chi connectivity index (χ0) is 13.4. The van der Waals surface area contributed by atoms with Gasteiger partial charge in [0.15, 0.2) is 0 Å². The average Bonchev–Trinajstić information content (AvgIpc) is 2.76. The average molecular weight is 285 g/mol. The summed E-state index contributed by atoms with van der Waals surface area (Å²) in [6.07, 6.45) is 0. The van der Waals surface area contributed by atoms with Crippen LogP contribution in [0.3, 0.4) is 0 Å². The van der Waals surface area contributed by atoms with E-state index in [1.54, 1.807) is 4.68 Å². The van der Waals surface area contributed by atoms with Crippen LogP contribution in [0.25, 0.3) is 10.2 Å². The molecule has 96 valence electrons. The summed E-state index contributed by atoms with van der Waals surface area (Å²) in [6.45, 7) is 5.61. The van der Waals surface area contributed by atoms with Crippen LogP contribution in [0.5, 0.6) is 0 Å². The van der Waals surface area contributed by atoms with E-state index in [-0.39, 0.29) is 12.5 Å². The molecule has 0 unspecified atom stereocenters. The minimum atomic E-state index is -0.241. The summed E-state index contributed by atoms with van der Waals surface area (Å²) in [7, 11) is 1.83. The molecule has 0 saturated heterocycles. The van der Waals surface area contributed by atoms with Gasteiger partial charge in [-0.3, -0.25) is 9.48 Å². The van der Waals surface area contributed by atoms with Gasteiger partial charge in [-0.25, -0.2) is 0 Å². The standard InChI is InChI=1S/C11H13ClN4OS/c1-5(12)4-14-10(17)9-8(13)7-6(2)15-16(3)11(7)18-9/h1,4,13H2,2-3H3,(H,14,17). The zero-order valence-corrected chi connectivity index (χ0v) is 11.7. The Morgan fingerprint density at radius 1 is 1.67 bits per heavy atom. The third kappa shape index (κ3) is 2.09. The van der Waals surface area contributed by atoms with E-state index in [9.17, 15) is 4.79 Å². The molecular formula is C11H13ClN4OS. The molecule has 0 atom stereocenters. The summed E-state index contributed by atoms with van der Waals surface area (Å²) >= 11 is 6.93. The van der Waals surface area contributed by atoms with Crippen molar-refractivity contribution in [1.82, 2.24) is 15.1 Å². The quantitative estimate of drug-likeness (QED) is 0.905. The van der Waals surface area contributed by atoms with Gasteiger partial charge in [-0.1, -0.05) is 18.2 Å². The first-order valence-electron chi connectivity index (χ1n) is 5.25. The molecule has 1 amide bonds. The maximum Gasteiger partial charge on any atom is 0.263 e. The maximum absolute atomic E-state index is 12.0. The molecule has 2 aromatic heterocycles. The highest BCUT2D eigenvalue weighted by Crippen LogP contribution is 2.35. The number of hydrogen-bond acceptors (Lipinski definition) is 4. The largest absolute Gasteiger partial charge is 0.397 e. The van der Waals surface area contributed by atoms with Crippen molar-refractivity contribution in [2.75, 3.05) is 12.3 Å². The van der Waals surface area contributed by atoms with Crippen molar-refractivity contribution in [2.45, 2.75) is 6.92 Å². The van der Waals surface area contributed by atoms with Gasteiger partial charge in [-0.2, -0.15) is 5.10 Å². The highest BCUT2D eigenvalue weighted by atomic mass is 35.5. The van der Waals surface area contributed by atoms with Gasteiger partial charge in [0.05, 0.1) is 23.3 Å². The van der Waals surface area contributed by atoms with Crippen LogP contribution in [0.2, 0.25) is 0 Å². The lowest BCUT2D eigenvalue weighted by Crippen LogP contribution is -2.24. The molecule has 0 bridgehead atoms. The number of thiophene rings is 1. The molecule has 2 rings (SSSR count). The van der Waals surface area contributed by atoms with Crippen LogP contribution >= 0.6 is 22.9 Å². The lowest BCUT2D eigenvalue weighted by Gasteiger charge is -2.02. The Kier molecular flexibility index (Phi) is 3.32. The molecular weight excluding hydrogens is 272 g/mol. The van der Waals surface area contributed by atoms with Crippen LogP contribution in [-0.4, -0.2) is 22.2 Å². The second kappa shape index (κ2) is 4.62. The number of fused-ring (bicyclic) bond motifs is 1. The first-order valence-corrected chi connectivity index (χ1v) is 6.44. The van der Waals surface area contributed by atoms with Crippen molar-refractivity contribution in [3.63, 3.8) is 0 Å². The molecule has 0 aromatic carbocycles. The number of amides is 1. The van der Waals surface area contributed by atoms with Crippen molar-refractivity contribution in [3.05, 3.63) is 22.2 Å². The van der Waals surface area contributed by atoms with E-state index in [0.717, 1.165) is 15.9 Å². The normalized spacial score (nSPS) is 10.8. The van der Waals surface area contributed by atoms with Crippen molar-refractivity contribution >= 4 is 44.7 Å². The number of nitrogen functional groups attached to an aromatic ring is 1. The predicted molar refractivity (Wildman–Crippen MR) is 75.1 cm³/mol. The van der Waals surface area contributed by atoms with Crippen molar-refractivity contribution in [2.24, 2.45) is 7.05 Å². The SMILES string of the molecule is C=C(Cl)CNC(=O)c1sc2c(c(C)nn2C)c1N. The summed E-state index contributed by atoms with van der Waals surface area (Å²) in [5.74, 6) is -0.241. The minimum Gasteiger partial charge on any atom is -0.397 e. The van der Waals surface area contributed by atoms with Gasteiger partial charge >= 0.3 is 0 Å². The number of nitrogens with zero attached hydrogens (tertiary/aromatic N) is 2. The van der Waals surface area contributed by atoms with Crippen LogP contribution in [0.1, 0.15) is 15.4 Å². The Balaban J connectivity index is 2.40. The van der Waals surface area contributed by atoms with Crippen LogP contribution in [-0.2, 0) is 7.05 Å². The third-order valence-electron chi connectivity index (χ3n) is 2.53. The molecule has 0 aliphatic carbocycles. The Hall–Kier alpha value is -1.53. The molecule has 2 aromatic rings. The number of hydrogen-bond donors (Lipinski definition) is 2. The number of carbonyl (C=O) groups is 1. The first-order chi connectivity index (χ1) is 8.41. The summed E-state index contributed by atoms with van der Waals surface area (Å²) in [5.41, 5.74) is 7.29. The molecule has 2 heterocycles. The predicted octanol–water partition coefficient (Wildman–Crippen LogP) is 2.01. The lowest BCUT2D eigenvalue weighted by molar-refractivity contribution is 0.0962. The highest BCUT2D eigenvalue weighted by molar-refractivity contribution is 7.21. The summed E-state index contributed by atoms with van der Waals surface area (Å²) in [5, 5.41) is 8.15. The van der Waals surface area contributed by atoms with Crippen molar-refractivity contribution in [1.29, 1.82) is 0 Å². The Bertz CT molecular complexity index is 643. The van der Waals surface area contributed by atoms with Crippen LogP contribution in [0.4, 0.5) is 5.69 Å². The molecule has 0 aliphatic heterocycles. The molecule has 18 heavy (non-hydrogen) atoms. The lowest BCUT2D eigenvalue weighted by atomic mass is 10.2. The maximum atomic E-state index is 12.0. The van der Waals surface area contributed by atoms with E-state index in [0.29, 0.717) is 15.6 Å². The zero-order valence-electron chi connectivity index (χ0n) is 10.1. The second-order valence-electron chi connectivity index (χ2n) is 3.93. The van der Waals surface area contributed by atoms with Gasteiger partial charge in [0, 0.05) is 12.1 Å². The third-order valence-corrected chi connectivity index (χ3v) is 3.93. The molecule has 5 nitrogen and oxygen atoms in total. The van der Waals surface area contributed by atoms with Gasteiger partial charge in [-0.15, -0.1) is 11.3 Å². The van der Waals surface area contributed by atoms with Gasteiger partial charge in [-0.05, 0) is 6.92 Å². The summed E-state index contributed by atoms with van der Waals surface area (Å²) < 4.78 is 1.73. The highest BCUT2D eigenvalue weighted by Gasteiger charge is 2.20. The first kappa shape index (κ1) is 12.9. The summed E-state index contributed by atoms with van der Waals surface area (Å²) in [6, 6.07) is 0. The smallest absolute Gasteiger partial charge is 0.263 e. The fraction of sp³-hybridized carbons (Fsp3) is 0.273. The van der Waals surface area contributed by atoms with Gasteiger partial charge in [0.2, 0.25) is 0 Å². The van der Waals surface area contributed by atoms with Crippen LogP contribution in [0, 0.1) is 6.92 Å². The Labute approximate surface area is 113 Å². The number of anilines is 1. The number of rotatable bonds is 3. The minimum absolute atomic E-state index is 0.227. The fourth-order valence-electron chi connectivity index (χ4n) is 1.75. The number of nitrogens with two attached hydrogens (primary N) is 1. The number of halogens is 1. The van der Waals surface area contributed by atoms with E-state index in [4.69, 9.17) is 17.3 Å². The topological polar surface area (TPSA) is 72.9 Å². The van der Waals surface area contributed by atoms with E-state index >= 15 is 0 Å². The molecule has 0 spiro atoms. The number of aryl methyl sites for hydroxylation is 2. The number of nitrogens with one attached hydrogen (secondary N) is 1. The second-order valence-corrected chi connectivity index (χ2v) is 5.47. The van der Waals surface area contributed by atoms with E-state index in [1.807, 2.05) is 14.0 Å². The van der Waals surface area contributed by atoms with Gasteiger partial charge in [0.1, 0.15) is 9.71 Å². The molecule has 7 heteroatoms. The molecule has 3 N–H and O–H groups in total.